The normalized spacial score (nSPS) is 13.7. The first-order valence-corrected chi connectivity index (χ1v) is 4.84. The Balaban J connectivity index is 3.69. The molecule has 0 atom stereocenters. The summed E-state index contributed by atoms with van der Waals surface area (Å²) >= 11 is 0. The first-order chi connectivity index (χ1) is 8.75. The fourth-order valence-electron chi connectivity index (χ4n) is 1.37. The minimum absolute atomic E-state index is 0.00962. The molecule has 1 rings (SSSR count). The van der Waals surface area contributed by atoms with Crippen LogP contribution < -0.4 is 11.2 Å². The van der Waals surface area contributed by atoms with Gasteiger partial charge in [0.1, 0.15) is 5.56 Å². The third-order valence-electron chi connectivity index (χ3n) is 2.54. The Bertz CT molecular complexity index is 641. The maximum atomic E-state index is 13.4. The van der Waals surface area contributed by atoms with Gasteiger partial charge in [-0.25, -0.2) is 4.79 Å². The van der Waals surface area contributed by atoms with Crippen LogP contribution in [0.1, 0.15) is 5.56 Å². The van der Waals surface area contributed by atoms with E-state index in [0.29, 0.717) is 11.6 Å². The zero-order chi connectivity index (χ0) is 16.1. The topological polar surface area (TPSA) is 44.0 Å². The molecule has 0 saturated heterocycles. The fourth-order valence-corrected chi connectivity index (χ4v) is 1.37. The van der Waals surface area contributed by atoms with Crippen molar-refractivity contribution in [1.29, 1.82) is 0 Å². The first kappa shape index (κ1) is 16.2. The first-order valence-electron chi connectivity index (χ1n) is 4.84. The van der Waals surface area contributed by atoms with E-state index in [1.807, 2.05) is 0 Å². The van der Waals surface area contributed by atoms with E-state index in [1.165, 1.54) is 0 Å². The fraction of sp³-hybridized carbons (Fsp3) is 0.556. The highest BCUT2D eigenvalue weighted by molar-refractivity contribution is 5.18. The van der Waals surface area contributed by atoms with E-state index in [-0.39, 0.29) is 10.8 Å². The highest BCUT2D eigenvalue weighted by atomic mass is 19.4. The predicted molar refractivity (Wildman–Crippen MR) is 51.8 cm³/mol. The summed E-state index contributed by atoms with van der Waals surface area (Å²) in [5, 5.41) is 0. The van der Waals surface area contributed by atoms with Gasteiger partial charge < -0.3 is 4.57 Å². The lowest BCUT2D eigenvalue weighted by molar-refractivity contribution is -0.360. The third kappa shape index (κ3) is 2.10. The summed E-state index contributed by atoms with van der Waals surface area (Å²) in [5.41, 5.74) is -5.20. The minimum atomic E-state index is -6.56. The van der Waals surface area contributed by atoms with Crippen molar-refractivity contribution >= 4 is 0 Å². The molecule has 11 heteroatoms. The summed E-state index contributed by atoms with van der Waals surface area (Å²) in [7, 11) is 1.50. The smallest absolute Gasteiger partial charge is 0.303 e. The lowest BCUT2D eigenvalue weighted by Gasteiger charge is -2.28. The molecule has 0 aromatic carbocycles. The van der Waals surface area contributed by atoms with Gasteiger partial charge in [0.2, 0.25) is 0 Å². The summed E-state index contributed by atoms with van der Waals surface area (Å²) in [6.45, 7) is 0. The monoisotopic (exact) mass is 308 g/mol. The lowest BCUT2D eigenvalue weighted by Crippen LogP contribution is -2.53. The SMILES string of the molecule is Cn1cc(C(F)(F)C(F)(F)C(F)(F)F)c(=O)n(C)c1=O. The molecule has 0 aliphatic rings. The van der Waals surface area contributed by atoms with Gasteiger partial charge in [-0.05, 0) is 0 Å². The van der Waals surface area contributed by atoms with Gasteiger partial charge in [0.15, 0.2) is 0 Å². The van der Waals surface area contributed by atoms with Crippen LogP contribution in [-0.4, -0.2) is 21.2 Å². The Morgan fingerprint density at radius 3 is 1.80 bits per heavy atom. The number of alkyl halides is 7. The third-order valence-corrected chi connectivity index (χ3v) is 2.54. The van der Waals surface area contributed by atoms with Gasteiger partial charge in [0.25, 0.3) is 5.56 Å². The van der Waals surface area contributed by atoms with Crippen LogP contribution in [0.25, 0.3) is 0 Å². The number of aromatic nitrogens is 2. The Morgan fingerprint density at radius 2 is 1.40 bits per heavy atom. The second-order valence-corrected chi connectivity index (χ2v) is 3.95. The van der Waals surface area contributed by atoms with Gasteiger partial charge in [0.05, 0.1) is 0 Å². The van der Waals surface area contributed by atoms with Crippen molar-refractivity contribution in [3.8, 4) is 0 Å². The number of nitrogens with zero attached hydrogens (tertiary/aromatic N) is 2. The van der Waals surface area contributed by atoms with Crippen molar-refractivity contribution in [2.24, 2.45) is 14.1 Å². The van der Waals surface area contributed by atoms with Gasteiger partial charge >= 0.3 is 23.7 Å². The van der Waals surface area contributed by atoms with Crippen LogP contribution in [0.5, 0.6) is 0 Å². The van der Waals surface area contributed by atoms with Crippen LogP contribution in [0.2, 0.25) is 0 Å². The summed E-state index contributed by atoms with van der Waals surface area (Å²) in [6.07, 6.45) is -6.60. The van der Waals surface area contributed by atoms with Crippen molar-refractivity contribution in [1.82, 2.24) is 9.13 Å². The number of hydrogen-bond acceptors (Lipinski definition) is 2. The number of hydrogen-bond donors (Lipinski definition) is 0. The average molecular weight is 308 g/mol. The average Bonchev–Trinajstić information content (AvgIpc) is 2.29. The van der Waals surface area contributed by atoms with Gasteiger partial charge in [-0.1, -0.05) is 0 Å². The molecule has 1 aromatic heterocycles. The van der Waals surface area contributed by atoms with Crippen LogP contribution in [0.15, 0.2) is 15.8 Å². The molecule has 0 N–H and O–H groups in total. The molecule has 0 amide bonds. The lowest BCUT2D eigenvalue weighted by atomic mass is 10.0. The molecular weight excluding hydrogens is 301 g/mol. The van der Waals surface area contributed by atoms with Crippen LogP contribution in [0, 0.1) is 0 Å². The molecule has 0 aliphatic carbocycles. The maximum Gasteiger partial charge on any atom is 0.460 e. The molecule has 1 heterocycles. The van der Waals surface area contributed by atoms with Crippen LogP contribution in [0.3, 0.4) is 0 Å². The minimum Gasteiger partial charge on any atom is -0.303 e. The highest BCUT2D eigenvalue weighted by Gasteiger charge is 2.74. The summed E-state index contributed by atoms with van der Waals surface area (Å²) < 4.78 is 88.8. The van der Waals surface area contributed by atoms with Crippen LogP contribution in [0.4, 0.5) is 30.7 Å². The largest absolute Gasteiger partial charge is 0.460 e. The van der Waals surface area contributed by atoms with Crippen molar-refractivity contribution in [2.75, 3.05) is 0 Å². The molecule has 0 saturated carbocycles. The predicted octanol–water partition coefficient (Wildman–Crippen LogP) is 1.37. The van der Waals surface area contributed by atoms with Crippen LogP contribution >= 0.6 is 0 Å². The molecule has 114 valence electrons. The van der Waals surface area contributed by atoms with Crippen molar-refractivity contribution < 1.29 is 30.7 Å². The Kier molecular flexibility index (Phi) is 3.53. The zero-order valence-corrected chi connectivity index (χ0v) is 9.93. The zero-order valence-electron chi connectivity index (χ0n) is 9.93. The van der Waals surface area contributed by atoms with Crippen molar-refractivity contribution in [3.05, 3.63) is 32.6 Å². The Hall–Kier alpha value is -1.81. The molecule has 4 nitrogen and oxygen atoms in total. The van der Waals surface area contributed by atoms with E-state index in [9.17, 15) is 40.3 Å². The molecule has 20 heavy (non-hydrogen) atoms. The second-order valence-electron chi connectivity index (χ2n) is 3.95. The summed E-state index contributed by atoms with van der Waals surface area (Å²) in [4.78, 5) is 22.5. The highest BCUT2D eigenvalue weighted by Crippen LogP contribution is 2.50. The maximum absolute atomic E-state index is 13.4. The number of halogens is 7. The van der Waals surface area contributed by atoms with Crippen LogP contribution in [-0.2, 0) is 20.0 Å². The van der Waals surface area contributed by atoms with E-state index in [2.05, 4.69) is 0 Å². The van der Waals surface area contributed by atoms with Crippen molar-refractivity contribution in [2.45, 2.75) is 18.0 Å². The quantitative estimate of drug-likeness (QED) is 0.775. The van der Waals surface area contributed by atoms with E-state index in [0.717, 1.165) is 7.05 Å². The molecule has 1 aromatic rings. The number of aryl methyl sites for hydroxylation is 1. The standard InChI is InChI=1S/C9H7F7N2O2/c1-17-3-4(5(19)18(2)6(17)20)7(10,11)8(12,13)9(14,15)16/h3H,1-2H3. The van der Waals surface area contributed by atoms with E-state index in [4.69, 9.17) is 0 Å². The molecule has 0 bridgehead atoms. The number of rotatable bonds is 2. The second kappa shape index (κ2) is 4.35. The van der Waals surface area contributed by atoms with Gasteiger partial charge in [-0.15, -0.1) is 0 Å². The molecule has 0 fully saturated rings. The molecule has 0 radical (unpaired) electrons. The molecule has 0 spiro atoms. The summed E-state index contributed by atoms with van der Waals surface area (Å²) in [6, 6.07) is 0. The Labute approximate surface area is 106 Å². The van der Waals surface area contributed by atoms with Gasteiger partial charge in [-0.2, -0.15) is 30.7 Å². The summed E-state index contributed by atoms with van der Waals surface area (Å²) in [5.74, 6) is -12.3. The molecule has 0 unspecified atom stereocenters. The van der Waals surface area contributed by atoms with Crippen molar-refractivity contribution in [3.63, 3.8) is 0 Å². The Morgan fingerprint density at radius 1 is 0.950 bits per heavy atom. The van der Waals surface area contributed by atoms with Gasteiger partial charge in [0, 0.05) is 20.3 Å². The van der Waals surface area contributed by atoms with E-state index in [1.54, 1.807) is 0 Å². The van der Waals surface area contributed by atoms with E-state index < -0.39 is 34.8 Å². The van der Waals surface area contributed by atoms with Gasteiger partial charge in [-0.3, -0.25) is 9.36 Å². The molecule has 0 aliphatic heterocycles. The molecular formula is C9H7F7N2O2. The van der Waals surface area contributed by atoms with E-state index >= 15 is 0 Å².